The van der Waals surface area contributed by atoms with E-state index in [4.69, 9.17) is 10.2 Å². The maximum absolute atomic E-state index is 11.1. The number of thioether (sulfide) groups is 1. The summed E-state index contributed by atoms with van der Waals surface area (Å²) in [4.78, 5) is 21.5. The maximum Gasteiger partial charge on any atom is 0.315 e. The Morgan fingerprint density at radius 1 is 1.14 bits per heavy atom. The number of unbranched alkanes of at least 4 members (excludes halogenated alkanes) is 1. The number of carbonyl (C=O) groups is 2. The number of carbonyl (C=O) groups excluding carboxylic acids is 1. The number of aliphatic carboxylic acids is 1. The van der Waals surface area contributed by atoms with Crippen molar-refractivity contribution in [1.29, 1.82) is 0 Å². The van der Waals surface area contributed by atoms with Gasteiger partial charge in [0.25, 0.3) is 0 Å². The first-order valence-electron chi connectivity index (χ1n) is 9.70. The van der Waals surface area contributed by atoms with E-state index in [9.17, 15) is 14.7 Å². The normalized spacial score (nSPS) is 22.4. The number of phenols is 1. The summed E-state index contributed by atoms with van der Waals surface area (Å²) in [5, 5.41) is 35.2. The molecule has 0 aromatic heterocycles. The number of aliphatic hydroxyl groups excluding tert-OH is 1. The standard InChI is InChI=1S/C11H10O2.C10H16N2O3S/c12-7-10-5-8-3-1-2-4-9(8)6-11(10)13;13-8(14)4-2-1-3-7-9-6(5-16-7)11-10(15)12-9/h1-6,12-13H,7H2;6-7,9H,1-5H2,(H,13,14)(H2,11,12,15)/t;6-,7-,9-/m.0/s1. The number of carboxylic acid groups (broad SMARTS) is 1. The number of urea groups is 1. The number of hydrogen-bond donors (Lipinski definition) is 5. The summed E-state index contributed by atoms with van der Waals surface area (Å²) in [6.45, 7) is -0.128. The third-order valence-corrected chi connectivity index (χ3v) is 6.69. The minimum Gasteiger partial charge on any atom is -0.508 e. The predicted molar refractivity (Wildman–Crippen MR) is 113 cm³/mol. The highest BCUT2D eigenvalue weighted by molar-refractivity contribution is 8.00. The zero-order chi connectivity index (χ0) is 20.8. The van der Waals surface area contributed by atoms with Crippen molar-refractivity contribution in [1.82, 2.24) is 10.6 Å². The number of carboxylic acids is 1. The van der Waals surface area contributed by atoms with Crippen LogP contribution in [0.25, 0.3) is 10.8 Å². The second kappa shape index (κ2) is 9.84. The van der Waals surface area contributed by atoms with Gasteiger partial charge in [0, 0.05) is 23.0 Å². The van der Waals surface area contributed by atoms with Crippen molar-refractivity contribution in [3.63, 3.8) is 0 Å². The predicted octanol–water partition coefficient (Wildman–Crippen LogP) is 2.83. The molecule has 5 N–H and O–H groups in total. The second-order valence-corrected chi connectivity index (χ2v) is 8.52. The second-order valence-electron chi connectivity index (χ2n) is 7.25. The van der Waals surface area contributed by atoms with Crippen LogP contribution in [0.4, 0.5) is 4.79 Å². The number of nitrogens with one attached hydrogen (secondary N) is 2. The molecule has 29 heavy (non-hydrogen) atoms. The summed E-state index contributed by atoms with van der Waals surface area (Å²) in [7, 11) is 0. The van der Waals surface area contributed by atoms with Gasteiger partial charge in [-0.2, -0.15) is 11.8 Å². The van der Waals surface area contributed by atoms with E-state index in [1.54, 1.807) is 12.1 Å². The molecule has 8 heteroatoms. The molecule has 2 aliphatic heterocycles. The van der Waals surface area contributed by atoms with Gasteiger partial charge in [-0.1, -0.05) is 30.7 Å². The molecule has 2 aromatic carbocycles. The highest BCUT2D eigenvalue weighted by atomic mass is 32.2. The van der Waals surface area contributed by atoms with Crippen molar-refractivity contribution in [2.24, 2.45) is 0 Å². The van der Waals surface area contributed by atoms with Crippen LogP contribution in [0, 0.1) is 0 Å². The van der Waals surface area contributed by atoms with E-state index in [1.165, 1.54) is 0 Å². The number of rotatable bonds is 6. The van der Waals surface area contributed by atoms with E-state index in [-0.39, 0.29) is 36.9 Å². The molecule has 0 spiro atoms. The first-order valence-corrected chi connectivity index (χ1v) is 10.7. The fraction of sp³-hybridized carbons (Fsp3) is 0.429. The van der Waals surface area contributed by atoms with Gasteiger partial charge in [-0.25, -0.2) is 4.79 Å². The van der Waals surface area contributed by atoms with Crippen LogP contribution >= 0.6 is 11.8 Å². The summed E-state index contributed by atoms with van der Waals surface area (Å²) in [5.74, 6) is 0.390. The number of benzene rings is 2. The molecule has 2 aliphatic rings. The number of fused-ring (bicyclic) bond motifs is 2. The van der Waals surface area contributed by atoms with Gasteiger partial charge in [0.2, 0.25) is 0 Å². The summed E-state index contributed by atoms with van der Waals surface area (Å²) in [6.07, 6.45) is 2.88. The van der Waals surface area contributed by atoms with Crippen molar-refractivity contribution in [3.05, 3.63) is 42.0 Å². The van der Waals surface area contributed by atoms with Crippen LogP contribution in [-0.4, -0.2) is 50.4 Å². The third-order valence-electron chi connectivity index (χ3n) is 5.18. The Kier molecular flexibility index (Phi) is 7.22. The maximum atomic E-state index is 11.1. The van der Waals surface area contributed by atoms with E-state index in [0.29, 0.717) is 10.8 Å². The molecule has 0 unspecified atom stereocenters. The first-order chi connectivity index (χ1) is 14.0. The lowest BCUT2D eigenvalue weighted by Gasteiger charge is -2.16. The topological polar surface area (TPSA) is 119 Å². The van der Waals surface area contributed by atoms with E-state index >= 15 is 0 Å². The van der Waals surface area contributed by atoms with Crippen LogP contribution < -0.4 is 10.6 Å². The Morgan fingerprint density at radius 3 is 2.55 bits per heavy atom. The molecule has 0 bridgehead atoms. The van der Waals surface area contributed by atoms with Crippen molar-refractivity contribution >= 4 is 34.5 Å². The molecule has 2 heterocycles. The minimum absolute atomic E-state index is 0.0640. The molecular formula is C21H26N2O5S. The van der Waals surface area contributed by atoms with Crippen molar-refractivity contribution in [2.75, 3.05) is 5.75 Å². The van der Waals surface area contributed by atoms with Crippen molar-refractivity contribution in [3.8, 4) is 5.75 Å². The van der Waals surface area contributed by atoms with Gasteiger partial charge < -0.3 is 26.0 Å². The molecule has 2 fully saturated rings. The Hall–Kier alpha value is -2.45. The van der Waals surface area contributed by atoms with Crippen molar-refractivity contribution < 1.29 is 24.9 Å². The van der Waals surface area contributed by atoms with Crippen LogP contribution in [0.3, 0.4) is 0 Å². The van der Waals surface area contributed by atoms with Crippen LogP contribution in [-0.2, 0) is 11.4 Å². The lowest BCUT2D eigenvalue weighted by atomic mass is 10.0. The molecule has 2 amide bonds. The SMILES string of the molecule is O=C(O)CCCC[C@@H]1SC[C@@H]2NC(=O)N[C@@H]21.OCc1cc2ccccc2cc1O. The average molecular weight is 419 g/mol. The van der Waals surface area contributed by atoms with Crippen LogP contribution in [0.5, 0.6) is 5.75 Å². The third kappa shape index (κ3) is 5.55. The van der Waals surface area contributed by atoms with Gasteiger partial charge in [-0.3, -0.25) is 4.79 Å². The number of amides is 2. The number of aromatic hydroxyl groups is 1. The molecule has 0 aliphatic carbocycles. The molecule has 7 nitrogen and oxygen atoms in total. The fourth-order valence-electron chi connectivity index (χ4n) is 3.67. The Balaban J connectivity index is 0.000000169. The number of aliphatic hydroxyl groups is 1. The first kappa shape index (κ1) is 21.3. The smallest absolute Gasteiger partial charge is 0.315 e. The lowest BCUT2D eigenvalue weighted by molar-refractivity contribution is -0.137. The summed E-state index contributed by atoms with van der Waals surface area (Å²) >= 11 is 1.87. The van der Waals surface area contributed by atoms with Gasteiger partial charge in [-0.15, -0.1) is 0 Å². The molecule has 3 atom stereocenters. The molecular weight excluding hydrogens is 392 g/mol. The zero-order valence-corrected chi connectivity index (χ0v) is 16.8. The molecule has 2 aromatic rings. The Labute approximate surface area is 173 Å². The molecule has 2 saturated heterocycles. The highest BCUT2D eigenvalue weighted by Crippen LogP contribution is 2.33. The van der Waals surface area contributed by atoms with Gasteiger partial charge in [-0.05, 0) is 35.7 Å². The van der Waals surface area contributed by atoms with Gasteiger partial charge in [0.05, 0.1) is 18.7 Å². The van der Waals surface area contributed by atoms with Crippen LogP contribution in [0.2, 0.25) is 0 Å². The molecule has 0 saturated carbocycles. The number of hydrogen-bond acceptors (Lipinski definition) is 5. The van der Waals surface area contributed by atoms with Crippen molar-refractivity contribution in [2.45, 2.75) is 49.6 Å². The van der Waals surface area contributed by atoms with E-state index in [1.807, 2.05) is 36.0 Å². The summed E-state index contributed by atoms with van der Waals surface area (Å²) in [6, 6.07) is 11.6. The monoisotopic (exact) mass is 418 g/mol. The van der Waals surface area contributed by atoms with E-state index < -0.39 is 5.97 Å². The Bertz CT molecular complexity index is 875. The lowest BCUT2D eigenvalue weighted by Crippen LogP contribution is -2.36. The van der Waals surface area contributed by atoms with Crippen LogP contribution in [0.1, 0.15) is 31.2 Å². The Morgan fingerprint density at radius 2 is 1.86 bits per heavy atom. The summed E-state index contributed by atoms with van der Waals surface area (Å²) < 4.78 is 0. The summed E-state index contributed by atoms with van der Waals surface area (Å²) in [5.41, 5.74) is 0.568. The van der Waals surface area contributed by atoms with E-state index in [0.717, 1.165) is 35.8 Å². The highest BCUT2D eigenvalue weighted by Gasteiger charge is 2.42. The minimum atomic E-state index is -0.729. The van der Waals surface area contributed by atoms with E-state index in [2.05, 4.69) is 10.6 Å². The molecule has 0 radical (unpaired) electrons. The molecule has 156 valence electrons. The van der Waals surface area contributed by atoms with Gasteiger partial charge in [0.15, 0.2) is 0 Å². The quantitative estimate of drug-likeness (QED) is 0.364. The van der Waals surface area contributed by atoms with Gasteiger partial charge >= 0.3 is 12.0 Å². The fourth-order valence-corrected chi connectivity index (χ4v) is 5.21. The van der Waals surface area contributed by atoms with Gasteiger partial charge in [0.1, 0.15) is 5.75 Å². The van der Waals surface area contributed by atoms with Crippen LogP contribution in [0.15, 0.2) is 36.4 Å². The average Bonchev–Trinajstić information content (AvgIpc) is 3.24. The zero-order valence-electron chi connectivity index (χ0n) is 16.0. The molecule has 4 rings (SSSR count). The largest absolute Gasteiger partial charge is 0.508 e.